The monoisotopic (exact) mass is 322 g/mol. The van der Waals surface area contributed by atoms with E-state index < -0.39 is 0 Å². The minimum absolute atomic E-state index is 0.646. The van der Waals surface area contributed by atoms with E-state index in [2.05, 4.69) is 50.4 Å². The molecule has 0 bridgehead atoms. The quantitative estimate of drug-likeness (QED) is 0.802. The highest BCUT2D eigenvalue weighted by atomic mass is 79.9. The maximum absolute atomic E-state index is 4.43. The third-order valence-electron chi connectivity index (χ3n) is 2.53. The topological polar surface area (TPSA) is 42.2 Å². The summed E-state index contributed by atoms with van der Waals surface area (Å²) < 4.78 is 2.70. The standard InChI is InChI=1S/C12H11BrN4S/c1-8-4-5-9(18-8)7-14-12-15-11-10(13)3-2-6-17(11)16-12/h2-6H,7H2,1H3,(H,14,16). The Balaban J connectivity index is 1.81. The van der Waals surface area contributed by atoms with Gasteiger partial charge in [0, 0.05) is 16.0 Å². The third-order valence-corrected chi connectivity index (χ3v) is 4.15. The number of nitrogens with one attached hydrogen (secondary N) is 1. The lowest BCUT2D eigenvalue weighted by atomic mass is 10.4. The number of aromatic nitrogens is 3. The van der Waals surface area contributed by atoms with E-state index >= 15 is 0 Å². The second-order valence-electron chi connectivity index (χ2n) is 3.93. The SMILES string of the molecule is Cc1ccc(CNc2nc3c(Br)cccn3n2)s1. The number of rotatable bonds is 3. The van der Waals surface area contributed by atoms with Gasteiger partial charge in [0.15, 0.2) is 5.65 Å². The second kappa shape index (κ2) is 4.70. The zero-order chi connectivity index (χ0) is 12.5. The Morgan fingerprint density at radius 3 is 3.00 bits per heavy atom. The molecule has 0 aliphatic rings. The first kappa shape index (κ1) is 11.7. The lowest BCUT2D eigenvalue weighted by molar-refractivity contribution is 0.950. The summed E-state index contributed by atoms with van der Waals surface area (Å²) in [6.07, 6.45) is 1.88. The van der Waals surface area contributed by atoms with Crippen molar-refractivity contribution in [3.8, 4) is 0 Å². The maximum Gasteiger partial charge on any atom is 0.243 e. The van der Waals surface area contributed by atoms with Crippen LogP contribution in [0.5, 0.6) is 0 Å². The molecule has 3 rings (SSSR count). The average molecular weight is 323 g/mol. The zero-order valence-corrected chi connectivity index (χ0v) is 12.1. The normalized spacial score (nSPS) is 11.0. The van der Waals surface area contributed by atoms with Crippen LogP contribution in [-0.2, 0) is 6.54 Å². The molecule has 0 aromatic carbocycles. The van der Waals surface area contributed by atoms with Crippen molar-refractivity contribution >= 4 is 38.9 Å². The van der Waals surface area contributed by atoms with E-state index in [-0.39, 0.29) is 0 Å². The average Bonchev–Trinajstić information content (AvgIpc) is 2.93. The summed E-state index contributed by atoms with van der Waals surface area (Å²) in [5.74, 6) is 0.646. The van der Waals surface area contributed by atoms with Gasteiger partial charge in [-0.2, -0.15) is 4.98 Å². The lowest BCUT2D eigenvalue weighted by Gasteiger charge is -1.97. The molecule has 0 radical (unpaired) electrons. The lowest BCUT2D eigenvalue weighted by Crippen LogP contribution is -1.99. The second-order valence-corrected chi connectivity index (χ2v) is 6.15. The van der Waals surface area contributed by atoms with Crippen LogP contribution in [0.15, 0.2) is 34.9 Å². The molecule has 4 nitrogen and oxygen atoms in total. The Bertz CT molecular complexity index is 688. The number of fused-ring (bicyclic) bond motifs is 1. The predicted octanol–water partition coefficient (Wildman–Crippen LogP) is 3.47. The van der Waals surface area contributed by atoms with Gasteiger partial charge in [-0.15, -0.1) is 16.4 Å². The predicted molar refractivity (Wildman–Crippen MR) is 77.1 cm³/mol. The molecule has 18 heavy (non-hydrogen) atoms. The first-order chi connectivity index (χ1) is 8.72. The third kappa shape index (κ3) is 2.26. The van der Waals surface area contributed by atoms with Crippen LogP contribution in [0, 0.1) is 6.92 Å². The van der Waals surface area contributed by atoms with Crippen LogP contribution in [0.4, 0.5) is 5.95 Å². The molecule has 0 fully saturated rings. The van der Waals surface area contributed by atoms with Crippen molar-refractivity contribution in [3.63, 3.8) is 0 Å². The van der Waals surface area contributed by atoms with Gasteiger partial charge in [-0.25, -0.2) is 4.52 Å². The number of nitrogens with zero attached hydrogens (tertiary/aromatic N) is 3. The molecule has 0 unspecified atom stereocenters. The number of thiophene rings is 1. The van der Waals surface area contributed by atoms with Crippen LogP contribution in [0.1, 0.15) is 9.75 Å². The Hall–Kier alpha value is -1.40. The van der Waals surface area contributed by atoms with E-state index in [1.165, 1.54) is 9.75 Å². The van der Waals surface area contributed by atoms with Gasteiger partial charge in [-0.05, 0) is 47.1 Å². The van der Waals surface area contributed by atoms with E-state index in [9.17, 15) is 0 Å². The van der Waals surface area contributed by atoms with Gasteiger partial charge in [0.1, 0.15) is 0 Å². The summed E-state index contributed by atoms with van der Waals surface area (Å²) >= 11 is 5.24. The van der Waals surface area contributed by atoms with Crippen molar-refractivity contribution in [1.29, 1.82) is 0 Å². The summed E-state index contributed by atoms with van der Waals surface area (Å²) in [7, 11) is 0. The maximum atomic E-state index is 4.43. The molecule has 0 amide bonds. The first-order valence-electron chi connectivity index (χ1n) is 5.52. The molecule has 6 heteroatoms. The van der Waals surface area contributed by atoms with Gasteiger partial charge in [0.05, 0.1) is 11.0 Å². The highest BCUT2D eigenvalue weighted by molar-refractivity contribution is 9.10. The molecule has 0 atom stereocenters. The fourth-order valence-corrected chi connectivity index (χ4v) is 2.95. The molecule has 3 aromatic heterocycles. The summed E-state index contributed by atoms with van der Waals surface area (Å²) in [5.41, 5.74) is 0.822. The number of hydrogen-bond donors (Lipinski definition) is 1. The van der Waals surface area contributed by atoms with Crippen LogP contribution in [0.3, 0.4) is 0 Å². The van der Waals surface area contributed by atoms with Gasteiger partial charge in [-0.1, -0.05) is 0 Å². The van der Waals surface area contributed by atoms with Crippen molar-refractivity contribution in [3.05, 3.63) is 44.7 Å². The van der Waals surface area contributed by atoms with E-state index in [0.29, 0.717) is 5.95 Å². The molecule has 3 aromatic rings. The minimum atomic E-state index is 0.646. The largest absolute Gasteiger partial charge is 0.348 e. The van der Waals surface area contributed by atoms with Gasteiger partial charge >= 0.3 is 0 Å². The number of anilines is 1. The van der Waals surface area contributed by atoms with E-state index in [4.69, 9.17) is 0 Å². The Morgan fingerprint density at radius 2 is 2.28 bits per heavy atom. The fraction of sp³-hybridized carbons (Fsp3) is 0.167. The molecule has 0 saturated carbocycles. The van der Waals surface area contributed by atoms with Crippen LogP contribution in [-0.4, -0.2) is 14.6 Å². The molecular formula is C12H11BrN4S. The molecule has 0 spiro atoms. The number of aryl methyl sites for hydroxylation is 1. The fourth-order valence-electron chi connectivity index (χ4n) is 1.69. The molecule has 1 N–H and O–H groups in total. The van der Waals surface area contributed by atoms with Crippen LogP contribution >= 0.6 is 27.3 Å². The van der Waals surface area contributed by atoms with Crippen LogP contribution < -0.4 is 5.32 Å². The minimum Gasteiger partial charge on any atom is -0.348 e. The van der Waals surface area contributed by atoms with Gasteiger partial charge in [0.25, 0.3) is 0 Å². The summed E-state index contributed by atoms with van der Waals surface area (Å²) in [4.78, 5) is 7.03. The van der Waals surface area contributed by atoms with Gasteiger partial charge in [-0.3, -0.25) is 0 Å². The highest BCUT2D eigenvalue weighted by Crippen LogP contribution is 2.18. The molecular weight excluding hydrogens is 312 g/mol. The van der Waals surface area contributed by atoms with Gasteiger partial charge in [0.2, 0.25) is 5.95 Å². The molecule has 3 heterocycles. The Labute approximate surface area is 117 Å². The van der Waals surface area contributed by atoms with Crippen molar-refractivity contribution in [2.75, 3.05) is 5.32 Å². The highest BCUT2D eigenvalue weighted by Gasteiger charge is 2.06. The Kier molecular flexibility index (Phi) is 3.05. The van der Waals surface area contributed by atoms with E-state index in [0.717, 1.165) is 16.7 Å². The van der Waals surface area contributed by atoms with Crippen LogP contribution in [0.2, 0.25) is 0 Å². The smallest absolute Gasteiger partial charge is 0.243 e. The summed E-state index contributed by atoms with van der Waals surface area (Å²) in [6, 6.07) is 8.13. The molecule has 0 aliphatic carbocycles. The van der Waals surface area contributed by atoms with Crippen molar-refractivity contribution in [1.82, 2.24) is 14.6 Å². The molecule has 0 saturated heterocycles. The Morgan fingerprint density at radius 1 is 1.39 bits per heavy atom. The van der Waals surface area contributed by atoms with E-state index in [1.807, 2.05) is 18.3 Å². The molecule has 0 aliphatic heterocycles. The van der Waals surface area contributed by atoms with Crippen molar-refractivity contribution < 1.29 is 0 Å². The molecule has 92 valence electrons. The summed E-state index contributed by atoms with van der Waals surface area (Å²) in [5, 5.41) is 7.60. The van der Waals surface area contributed by atoms with Gasteiger partial charge < -0.3 is 5.32 Å². The zero-order valence-electron chi connectivity index (χ0n) is 9.72. The first-order valence-corrected chi connectivity index (χ1v) is 7.13. The van der Waals surface area contributed by atoms with Crippen molar-refractivity contribution in [2.45, 2.75) is 13.5 Å². The van der Waals surface area contributed by atoms with Crippen LogP contribution in [0.25, 0.3) is 5.65 Å². The number of pyridine rings is 1. The van der Waals surface area contributed by atoms with Crippen molar-refractivity contribution in [2.24, 2.45) is 0 Å². The number of halogens is 1. The summed E-state index contributed by atoms with van der Waals surface area (Å²) in [6.45, 7) is 2.86. The van der Waals surface area contributed by atoms with E-state index in [1.54, 1.807) is 15.9 Å². The number of hydrogen-bond acceptors (Lipinski definition) is 4.